The molecule has 0 unspecified atom stereocenters. The highest BCUT2D eigenvalue weighted by atomic mass is 15.2. The van der Waals surface area contributed by atoms with Gasteiger partial charge in [-0.1, -0.05) is 176 Å². The summed E-state index contributed by atoms with van der Waals surface area (Å²) in [6.07, 6.45) is 0. The summed E-state index contributed by atoms with van der Waals surface area (Å²) in [6, 6.07) is 91.5. The van der Waals surface area contributed by atoms with Gasteiger partial charge in [0, 0.05) is 34.1 Å². The zero-order valence-corrected chi connectivity index (χ0v) is 35.6. The van der Waals surface area contributed by atoms with E-state index in [1.807, 2.05) is 0 Å². The van der Waals surface area contributed by atoms with Crippen molar-refractivity contribution in [3.05, 3.63) is 249 Å². The molecular formula is C62H41BN2. The van der Waals surface area contributed by atoms with E-state index in [1.54, 1.807) is 0 Å². The van der Waals surface area contributed by atoms with Gasteiger partial charge in [0.25, 0.3) is 6.71 Å². The average molecular weight is 825 g/mol. The van der Waals surface area contributed by atoms with Crippen LogP contribution in [0.1, 0.15) is 0 Å². The summed E-state index contributed by atoms with van der Waals surface area (Å²) in [5, 5.41) is 4.99. The first-order chi connectivity index (χ1) is 32.2. The van der Waals surface area contributed by atoms with Crippen molar-refractivity contribution in [1.29, 1.82) is 0 Å². The molecule has 0 amide bonds. The van der Waals surface area contributed by atoms with Gasteiger partial charge in [0.1, 0.15) is 0 Å². The minimum atomic E-state index is 0.0822. The quantitative estimate of drug-likeness (QED) is 0.154. The fraction of sp³-hybridized carbons (Fsp3) is 0. The number of anilines is 6. The van der Waals surface area contributed by atoms with Gasteiger partial charge in [-0.15, -0.1) is 0 Å². The Bertz CT molecular complexity index is 3360. The van der Waals surface area contributed by atoms with Crippen molar-refractivity contribution in [2.24, 2.45) is 0 Å². The molecule has 302 valence electrons. The molecule has 65 heavy (non-hydrogen) atoms. The van der Waals surface area contributed by atoms with Crippen LogP contribution < -0.4 is 26.2 Å². The van der Waals surface area contributed by atoms with Crippen molar-refractivity contribution in [2.45, 2.75) is 0 Å². The van der Waals surface area contributed by atoms with E-state index in [0.29, 0.717) is 0 Å². The predicted octanol–water partition coefficient (Wildman–Crippen LogP) is 14.7. The van der Waals surface area contributed by atoms with Crippen LogP contribution >= 0.6 is 0 Å². The van der Waals surface area contributed by atoms with E-state index in [9.17, 15) is 0 Å². The second-order valence-corrected chi connectivity index (χ2v) is 17.2. The first-order valence-electron chi connectivity index (χ1n) is 22.5. The van der Waals surface area contributed by atoms with Crippen molar-refractivity contribution < 1.29 is 0 Å². The maximum Gasteiger partial charge on any atom is 0.252 e. The van der Waals surface area contributed by atoms with Gasteiger partial charge in [-0.3, -0.25) is 0 Å². The summed E-state index contributed by atoms with van der Waals surface area (Å²) >= 11 is 0. The zero-order chi connectivity index (χ0) is 42.8. The molecule has 0 saturated heterocycles. The van der Waals surface area contributed by atoms with Gasteiger partial charge >= 0.3 is 0 Å². The Hall–Kier alpha value is -8.40. The Labute approximate surface area is 380 Å². The SMILES string of the molecule is c1ccc(-c2cc(-c3ccc(N4c5ccccc5B5c6ccccc6N(c6ccc(-c7cc(-c8ccccc8)cc8ccccc78)cc6)c6cccc4c65)cc3)c3ccccc3c2)cc1. The van der Waals surface area contributed by atoms with Gasteiger partial charge in [0.15, 0.2) is 0 Å². The molecule has 11 aromatic rings. The van der Waals surface area contributed by atoms with E-state index in [1.165, 1.54) is 105 Å². The van der Waals surface area contributed by atoms with E-state index in [-0.39, 0.29) is 6.71 Å². The van der Waals surface area contributed by atoms with Crippen LogP contribution in [0.3, 0.4) is 0 Å². The predicted molar refractivity (Wildman–Crippen MR) is 277 cm³/mol. The summed E-state index contributed by atoms with van der Waals surface area (Å²) in [5.74, 6) is 0. The lowest BCUT2D eigenvalue weighted by molar-refractivity contribution is 1.25. The van der Waals surface area contributed by atoms with Crippen LogP contribution in [0.25, 0.3) is 66.1 Å². The summed E-state index contributed by atoms with van der Waals surface area (Å²) in [6.45, 7) is 0.0822. The molecule has 0 fully saturated rings. The number of nitrogens with zero attached hydrogens (tertiary/aromatic N) is 2. The van der Waals surface area contributed by atoms with Crippen molar-refractivity contribution in [2.75, 3.05) is 9.80 Å². The highest BCUT2D eigenvalue weighted by Crippen LogP contribution is 2.45. The largest absolute Gasteiger partial charge is 0.311 e. The van der Waals surface area contributed by atoms with Crippen LogP contribution in [0, 0.1) is 0 Å². The molecule has 3 heteroatoms. The Balaban J connectivity index is 0.928. The minimum absolute atomic E-state index is 0.0822. The third kappa shape index (κ3) is 6.12. The second-order valence-electron chi connectivity index (χ2n) is 17.2. The number of rotatable bonds is 6. The fourth-order valence-corrected chi connectivity index (χ4v) is 10.7. The number of fused-ring (bicyclic) bond motifs is 6. The van der Waals surface area contributed by atoms with E-state index in [2.05, 4.69) is 259 Å². The topological polar surface area (TPSA) is 6.48 Å². The maximum atomic E-state index is 2.48. The molecule has 2 aliphatic rings. The Morgan fingerprint density at radius 2 is 0.646 bits per heavy atom. The summed E-state index contributed by atoms with van der Waals surface area (Å²) in [4.78, 5) is 4.96. The molecule has 0 radical (unpaired) electrons. The third-order valence-electron chi connectivity index (χ3n) is 13.6. The van der Waals surface area contributed by atoms with E-state index in [0.717, 1.165) is 11.4 Å². The van der Waals surface area contributed by atoms with E-state index in [4.69, 9.17) is 0 Å². The zero-order valence-electron chi connectivity index (χ0n) is 35.6. The molecule has 0 bridgehead atoms. The van der Waals surface area contributed by atoms with Crippen LogP contribution in [0.4, 0.5) is 34.1 Å². The van der Waals surface area contributed by atoms with Gasteiger partial charge < -0.3 is 9.80 Å². The van der Waals surface area contributed by atoms with E-state index < -0.39 is 0 Å². The average Bonchev–Trinajstić information content (AvgIpc) is 3.38. The lowest BCUT2D eigenvalue weighted by atomic mass is 9.33. The smallest absolute Gasteiger partial charge is 0.252 e. The Kier molecular flexibility index (Phi) is 8.67. The first-order valence-corrected chi connectivity index (χ1v) is 22.5. The molecule has 0 aliphatic carbocycles. The number of hydrogen-bond acceptors (Lipinski definition) is 2. The molecule has 2 aliphatic heterocycles. The first kappa shape index (κ1) is 37.2. The highest BCUT2D eigenvalue weighted by Gasteiger charge is 2.42. The van der Waals surface area contributed by atoms with Crippen molar-refractivity contribution in [1.82, 2.24) is 0 Å². The van der Waals surface area contributed by atoms with Crippen LogP contribution in [-0.2, 0) is 0 Å². The van der Waals surface area contributed by atoms with Crippen molar-refractivity contribution >= 4 is 78.8 Å². The number of benzene rings is 11. The molecule has 13 rings (SSSR count). The molecule has 11 aromatic carbocycles. The van der Waals surface area contributed by atoms with Crippen LogP contribution in [0.2, 0.25) is 0 Å². The summed E-state index contributed by atoms with van der Waals surface area (Å²) < 4.78 is 0. The molecule has 0 spiro atoms. The normalized spacial score (nSPS) is 12.5. The van der Waals surface area contributed by atoms with Crippen LogP contribution in [0.5, 0.6) is 0 Å². The lowest BCUT2D eigenvalue weighted by Gasteiger charge is -2.44. The third-order valence-corrected chi connectivity index (χ3v) is 13.6. The van der Waals surface area contributed by atoms with Gasteiger partial charge in [-0.25, -0.2) is 0 Å². The molecule has 0 N–H and O–H groups in total. The monoisotopic (exact) mass is 824 g/mol. The number of para-hydroxylation sites is 2. The number of hydrogen-bond donors (Lipinski definition) is 0. The van der Waals surface area contributed by atoms with Crippen molar-refractivity contribution in [3.63, 3.8) is 0 Å². The molecule has 2 heterocycles. The summed E-state index contributed by atoms with van der Waals surface area (Å²) in [5.41, 5.74) is 20.8. The van der Waals surface area contributed by atoms with Gasteiger partial charge in [0.05, 0.1) is 0 Å². The van der Waals surface area contributed by atoms with Gasteiger partial charge in [-0.05, 0) is 155 Å². The van der Waals surface area contributed by atoms with Crippen LogP contribution in [0.15, 0.2) is 249 Å². The van der Waals surface area contributed by atoms with Crippen molar-refractivity contribution in [3.8, 4) is 44.5 Å². The van der Waals surface area contributed by atoms with Gasteiger partial charge in [0.2, 0.25) is 0 Å². The minimum Gasteiger partial charge on any atom is -0.311 e. The maximum absolute atomic E-state index is 2.48. The molecular weight excluding hydrogens is 784 g/mol. The molecule has 2 nitrogen and oxygen atoms in total. The standard InChI is InChI=1S/C62H41BN2/c1-3-16-42(17-4-1)48-38-46-20-7-9-22-52(46)54(40-48)44-30-34-50(35-31-44)64-58-26-13-11-24-56(58)63-57-25-12-14-27-59(57)65(61-29-15-28-60(64)62(61)63)51-36-32-45(33-37-51)55-41-49(43-18-5-2-6-19-43)39-47-21-8-10-23-53(47)55/h1-41H. The Morgan fingerprint density at radius 1 is 0.262 bits per heavy atom. The van der Waals surface area contributed by atoms with E-state index >= 15 is 0 Å². The highest BCUT2D eigenvalue weighted by molar-refractivity contribution is 7.00. The van der Waals surface area contributed by atoms with Gasteiger partial charge in [-0.2, -0.15) is 0 Å². The molecule has 0 aromatic heterocycles. The Morgan fingerprint density at radius 3 is 1.11 bits per heavy atom. The molecule has 0 atom stereocenters. The second kappa shape index (κ2) is 15.2. The fourth-order valence-electron chi connectivity index (χ4n) is 10.7. The lowest BCUT2D eigenvalue weighted by Crippen LogP contribution is -2.61. The van der Waals surface area contributed by atoms with Crippen LogP contribution in [-0.4, -0.2) is 6.71 Å². The summed E-state index contributed by atoms with van der Waals surface area (Å²) in [7, 11) is 0. The molecule has 0 saturated carbocycles.